The van der Waals surface area contributed by atoms with Crippen molar-refractivity contribution in [1.82, 2.24) is 0 Å². The SMILES string of the molecule is OCC1CCC(c2ccc(O)c(O)c2)(c2ccc(O)c(O)c2)O1. The van der Waals surface area contributed by atoms with Gasteiger partial charge in [-0.25, -0.2) is 0 Å². The molecule has 5 N–H and O–H groups in total. The number of aromatic hydroxyl groups is 4. The van der Waals surface area contributed by atoms with Crippen molar-refractivity contribution in [2.24, 2.45) is 0 Å². The van der Waals surface area contributed by atoms with Gasteiger partial charge in [-0.1, -0.05) is 12.1 Å². The van der Waals surface area contributed by atoms with E-state index in [1.807, 2.05) is 0 Å². The second kappa shape index (κ2) is 5.64. The molecule has 2 aromatic rings. The van der Waals surface area contributed by atoms with Gasteiger partial charge >= 0.3 is 0 Å². The topological polar surface area (TPSA) is 110 Å². The van der Waals surface area contributed by atoms with Crippen molar-refractivity contribution >= 4 is 0 Å². The van der Waals surface area contributed by atoms with E-state index in [1.165, 1.54) is 24.3 Å². The van der Waals surface area contributed by atoms with E-state index in [0.29, 0.717) is 24.0 Å². The Bertz CT molecular complexity index is 676. The molecule has 0 radical (unpaired) electrons. The third kappa shape index (κ3) is 2.56. The Kier molecular flexibility index (Phi) is 3.79. The van der Waals surface area contributed by atoms with Crippen LogP contribution in [0.1, 0.15) is 24.0 Å². The molecule has 0 aromatic heterocycles. The molecule has 0 saturated carbocycles. The van der Waals surface area contributed by atoms with Crippen LogP contribution in [-0.4, -0.2) is 38.2 Å². The van der Waals surface area contributed by atoms with Crippen molar-refractivity contribution < 1.29 is 30.3 Å². The highest BCUT2D eigenvalue weighted by Crippen LogP contribution is 2.47. The lowest BCUT2D eigenvalue weighted by molar-refractivity contribution is -0.0386. The van der Waals surface area contributed by atoms with Gasteiger partial charge in [0.25, 0.3) is 0 Å². The van der Waals surface area contributed by atoms with Crippen LogP contribution in [0.4, 0.5) is 0 Å². The Hall–Kier alpha value is -2.44. The second-order valence-electron chi connectivity index (χ2n) is 5.70. The summed E-state index contributed by atoms with van der Waals surface area (Å²) in [5.74, 6) is -1.04. The summed E-state index contributed by atoms with van der Waals surface area (Å²) in [6, 6.07) is 8.78. The predicted octanol–water partition coefficient (Wildman–Crippen LogP) is 1.92. The zero-order chi connectivity index (χ0) is 16.6. The van der Waals surface area contributed by atoms with Crippen LogP contribution in [0.2, 0.25) is 0 Å². The van der Waals surface area contributed by atoms with Crippen LogP contribution in [0.15, 0.2) is 36.4 Å². The molecule has 23 heavy (non-hydrogen) atoms. The maximum Gasteiger partial charge on any atom is 0.157 e. The molecule has 0 amide bonds. The second-order valence-corrected chi connectivity index (χ2v) is 5.70. The summed E-state index contributed by atoms with van der Waals surface area (Å²) in [6.45, 7) is -0.143. The Balaban J connectivity index is 2.14. The molecule has 1 unspecified atom stereocenters. The minimum absolute atomic E-state index is 0.143. The number of hydrogen-bond acceptors (Lipinski definition) is 6. The highest BCUT2D eigenvalue weighted by Gasteiger charge is 2.43. The van der Waals surface area contributed by atoms with E-state index in [0.717, 1.165) is 0 Å². The summed E-state index contributed by atoms with van der Waals surface area (Å²) >= 11 is 0. The summed E-state index contributed by atoms with van der Waals surface area (Å²) in [6.07, 6.45) is 0.744. The minimum Gasteiger partial charge on any atom is -0.504 e. The third-order valence-corrected chi connectivity index (χ3v) is 4.27. The minimum atomic E-state index is -0.982. The third-order valence-electron chi connectivity index (χ3n) is 4.27. The van der Waals surface area contributed by atoms with Gasteiger partial charge in [0, 0.05) is 0 Å². The molecule has 3 rings (SSSR count). The summed E-state index contributed by atoms with van der Waals surface area (Å²) in [5, 5.41) is 48.0. The molecular weight excluding hydrogens is 300 g/mol. The number of aliphatic hydroxyl groups excluding tert-OH is 1. The lowest BCUT2D eigenvalue weighted by atomic mass is 9.83. The molecule has 1 aliphatic heterocycles. The molecule has 0 aliphatic carbocycles. The number of benzene rings is 2. The maximum atomic E-state index is 9.80. The first-order valence-electron chi connectivity index (χ1n) is 7.30. The molecular formula is C17H18O6. The molecule has 1 saturated heterocycles. The van der Waals surface area contributed by atoms with Crippen molar-refractivity contribution in [2.75, 3.05) is 6.61 Å². The number of phenols is 4. The van der Waals surface area contributed by atoms with E-state index in [9.17, 15) is 25.5 Å². The van der Waals surface area contributed by atoms with Gasteiger partial charge in [-0.3, -0.25) is 0 Å². The molecule has 6 nitrogen and oxygen atoms in total. The Morgan fingerprint density at radius 3 is 1.78 bits per heavy atom. The molecule has 1 aliphatic rings. The fourth-order valence-corrected chi connectivity index (χ4v) is 3.04. The summed E-state index contributed by atoms with van der Waals surface area (Å²) < 4.78 is 6.02. The molecule has 122 valence electrons. The van der Waals surface area contributed by atoms with Crippen LogP contribution in [0.3, 0.4) is 0 Å². The van der Waals surface area contributed by atoms with Gasteiger partial charge < -0.3 is 30.3 Å². The summed E-state index contributed by atoms with van der Waals surface area (Å²) in [5.41, 5.74) is 0.201. The predicted molar refractivity (Wildman–Crippen MR) is 81.5 cm³/mol. The summed E-state index contributed by atoms with van der Waals surface area (Å²) in [7, 11) is 0. The lowest BCUT2D eigenvalue weighted by Gasteiger charge is -2.31. The largest absolute Gasteiger partial charge is 0.504 e. The zero-order valence-electron chi connectivity index (χ0n) is 12.3. The van der Waals surface area contributed by atoms with Gasteiger partial charge in [0.15, 0.2) is 23.0 Å². The van der Waals surface area contributed by atoms with Crippen molar-refractivity contribution in [3.63, 3.8) is 0 Å². The van der Waals surface area contributed by atoms with Gasteiger partial charge in [-0.05, 0) is 48.2 Å². The van der Waals surface area contributed by atoms with Crippen molar-refractivity contribution in [3.05, 3.63) is 47.5 Å². The molecule has 1 heterocycles. The van der Waals surface area contributed by atoms with Gasteiger partial charge in [0.1, 0.15) is 5.60 Å². The molecule has 0 spiro atoms. The smallest absolute Gasteiger partial charge is 0.157 e. The van der Waals surface area contributed by atoms with E-state index in [-0.39, 0.29) is 35.7 Å². The lowest BCUT2D eigenvalue weighted by Crippen LogP contribution is -2.29. The number of hydrogen-bond donors (Lipinski definition) is 5. The van der Waals surface area contributed by atoms with Gasteiger partial charge in [-0.2, -0.15) is 0 Å². The molecule has 1 atom stereocenters. The zero-order valence-corrected chi connectivity index (χ0v) is 12.3. The number of phenolic OH excluding ortho intramolecular Hbond substituents is 4. The average Bonchev–Trinajstić information content (AvgIpc) is 2.98. The number of ether oxygens (including phenoxy) is 1. The Morgan fingerprint density at radius 2 is 1.39 bits per heavy atom. The van der Waals surface area contributed by atoms with Crippen molar-refractivity contribution in [2.45, 2.75) is 24.5 Å². The van der Waals surface area contributed by atoms with E-state index in [2.05, 4.69) is 0 Å². The van der Waals surface area contributed by atoms with Crippen molar-refractivity contribution in [1.29, 1.82) is 0 Å². The highest BCUT2D eigenvalue weighted by atomic mass is 16.5. The standard InChI is InChI=1S/C17H18O6/c18-9-12-5-6-17(23-12,10-1-3-13(19)15(21)7-10)11-2-4-14(20)16(22)8-11/h1-4,7-8,12,18-22H,5-6,9H2. The first-order valence-corrected chi connectivity index (χ1v) is 7.30. The van der Waals surface area contributed by atoms with E-state index in [1.54, 1.807) is 12.1 Å². The fraction of sp³-hybridized carbons (Fsp3) is 0.294. The fourth-order valence-electron chi connectivity index (χ4n) is 3.04. The highest BCUT2D eigenvalue weighted by molar-refractivity contribution is 5.50. The Labute approximate surface area is 132 Å². The van der Waals surface area contributed by atoms with Gasteiger partial charge in [0.05, 0.1) is 12.7 Å². The van der Waals surface area contributed by atoms with E-state index >= 15 is 0 Å². The van der Waals surface area contributed by atoms with Gasteiger partial charge in [-0.15, -0.1) is 0 Å². The van der Waals surface area contributed by atoms with E-state index < -0.39 is 5.60 Å². The first-order chi connectivity index (χ1) is 11.0. The number of rotatable bonds is 3. The first kappa shape index (κ1) is 15.5. The molecule has 1 fully saturated rings. The van der Waals surface area contributed by atoms with Gasteiger partial charge in [0.2, 0.25) is 0 Å². The average molecular weight is 318 g/mol. The Morgan fingerprint density at radius 1 is 0.870 bits per heavy atom. The molecule has 0 bridgehead atoms. The van der Waals surface area contributed by atoms with E-state index in [4.69, 9.17) is 4.74 Å². The van der Waals surface area contributed by atoms with Crippen LogP contribution in [0.5, 0.6) is 23.0 Å². The molecule has 6 heteroatoms. The quantitative estimate of drug-likeness (QED) is 0.553. The summed E-state index contributed by atoms with van der Waals surface area (Å²) in [4.78, 5) is 0. The molecule has 2 aromatic carbocycles. The van der Waals surface area contributed by atoms with Crippen LogP contribution in [0.25, 0.3) is 0 Å². The normalized spacial score (nSPS) is 19.8. The van der Waals surface area contributed by atoms with Crippen LogP contribution in [0, 0.1) is 0 Å². The monoisotopic (exact) mass is 318 g/mol. The van der Waals surface area contributed by atoms with Crippen molar-refractivity contribution in [3.8, 4) is 23.0 Å². The van der Waals surface area contributed by atoms with Crippen LogP contribution < -0.4 is 0 Å². The number of aliphatic hydroxyl groups is 1. The van der Waals surface area contributed by atoms with Crippen LogP contribution in [-0.2, 0) is 10.3 Å². The van der Waals surface area contributed by atoms with Crippen LogP contribution >= 0.6 is 0 Å². The maximum absolute atomic E-state index is 9.80.